The molecule has 11 heteroatoms. The second kappa shape index (κ2) is 10.4. The number of carbonyl (C=O) groups excluding carboxylic acids is 2. The van der Waals surface area contributed by atoms with E-state index in [9.17, 15) is 14.7 Å². The Morgan fingerprint density at radius 3 is 2.42 bits per heavy atom. The number of nitrogens with one attached hydrogen (secondary N) is 1. The summed E-state index contributed by atoms with van der Waals surface area (Å²) >= 11 is 0. The first kappa shape index (κ1) is 27.4. The van der Waals surface area contributed by atoms with E-state index in [2.05, 4.69) is 10.4 Å². The van der Waals surface area contributed by atoms with E-state index in [1.54, 1.807) is 28.9 Å². The second-order valence-electron chi connectivity index (χ2n) is 11.6. The van der Waals surface area contributed by atoms with Crippen molar-refractivity contribution in [1.82, 2.24) is 14.7 Å². The Morgan fingerprint density at radius 1 is 1.12 bits per heavy atom. The number of carbonyl (C=O) groups is 2. The number of aromatic nitrogens is 2. The SMILES string of the molecule is COc1cc2nn(C)cc2cc1NC(=O)c1ccc(N2CCC(N(C(=O)OC(C)(C)C)C3CC3)CC2)c(O)c1N. The van der Waals surface area contributed by atoms with Gasteiger partial charge in [-0.05, 0) is 64.7 Å². The number of piperidine rings is 1. The molecule has 11 nitrogen and oxygen atoms in total. The quantitative estimate of drug-likeness (QED) is 0.302. The average Bonchev–Trinajstić information content (AvgIpc) is 3.64. The molecule has 0 unspecified atom stereocenters. The molecule has 1 saturated carbocycles. The predicted molar refractivity (Wildman–Crippen MR) is 154 cm³/mol. The first-order chi connectivity index (χ1) is 18.9. The monoisotopic (exact) mass is 550 g/mol. The van der Waals surface area contributed by atoms with Crippen LogP contribution in [0.25, 0.3) is 10.9 Å². The minimum absolute atomic E-state index is 0.00640. The molecule has 214 valence electrons. The van der Waals surface area contributed by atoms with Crippen molar-refractivity contribution in [2.24, 2.45) is 7.05 Å². The Labute approximate surface area is 233 Å². The summed E-state index contributed by atoms with van der Waals surface area (Å²) < 4.78 is 12.8. The summed E-state index contributed by atoms with van der Waals surface area (Å²) in [7, 11) is 3.34. The smallest absolute Gasteiger partial charge is 0.410 e. The molecule has 4 N–H and O–H groups in total. The number of rotatable bonds is 6. The van der Waals surface area contributed by atoms with Gasteiger partial charge in [-0.25, -0.2) is 4.79 Å². The van der Waals surface area contributed by atoms with Crippen molar-refractivity contribution < 1.29 is 24.2 Å². The number of aromatic hydroxyl groups is 1. The van der Waals surface area contributed by atoms with Gasteiger partial charge in [0.05, 0.1) is 35.3 Å². The maximum absolute atomic E-state index is 13.2. The third-order valence-electron chi connectivity index (χ3n) is 7.37. The molecule has 2 fully saturated rings. The Balaban J connectivity index is 1.28. The number of fused-ring (bicyclic) bond motifs is 1. The number of ether oxygens (including phenoxy) is 2. The molecule has 2 aliphatic rings. The van der Waals surface area contributed by atoms with Crippen LogP contribution in [0.15, 0.2) is 30.5 Å². The normalized spacial score (nSPS) is 16.2. The summed E-state index contributed by atoms with van der Waals surface area (Å²) in [4.78, 5) is 30.1. The molecule has 0 bridgehead atoms. The van der Waals surface area contributed by atoms with Crippen LogP contribution in [0, 0.1) is 0 Å². The van der Waals surface area contributed by atoms with Crippen molar-refractivity contribution in [1.29, 1.82) is 0 Å². The van der Waals surface area contributed by atoms with Crippen molar-refractivity contribution in [3.05, 3.63) is 36.0 Å². The van der Waals surface area contributed by atoms with Gasteiger partial charge in [-0.15, -0.1) is 0 Å². The van der Waals surface area contributed by atoms with Crippen LogP contribution in [0.2, 0.25) is 0 Å². The van der Waals surface area contributed by atoms with Crippen LogP contribution in [0.1, 0.15) is 56.8 Å². The zero-order chi connectivity index (χ0) is 28.8. The van der Waals surface area contributed by atoms with Gasteiger partial charge in [-0.2, -0.15) is 5.10 Å². The van der Waals surface area contributed by atoms with Gasteiger partial charge in [0.2, 0.25) is 0 Å². The Morgan fingerprint density at radius 2 is 1.80 bits per heavy atom. The van der Waals surface area contributed by atoms with E-state index in [0.717, 1.165) is 36.6 Å². The molecule has 1 aliphatic heterocycles. The molecular formula is C29H38N6O5. The molecule has 3 aromatic rings. The Bertz CT molecular complexity index is 1430. The second-order valence-corrected chi connectivity index (χ2v) is 11.6. The summed E-state index contributed by atoms with van der Waals surface area (Å²) in [5.41, 5.74) is 7.69. The first-order valence-corrected chi connectivity index (χ1v) is 13.7. The zero-order valence-electron chi connectivity index (χ0n) is 23.7. The van der Waals surface area contributed by atoms with E-state index in [-0.39, 0.29) is 35.2 Å². The van der Waals surface area contributed by atoms with Gasteiger partial charge in [-0.1, -0.05) is 0 Å². The largest absolute Gasteiger partial charge is 0.504 e. The summed E-state index contributed by atoms with van der Waals surface area (Å²) in [6.07, 6.45) is 5.09. The van der Waals surface area contributed by atoms with E-state index >= 15 is 0 Å². The number of hydrogen-bond acceptors (Lipinski definition) is 8. The van der Waals surface area contributed by atoms with E-state index in [1.165, 1.54) is 7.11 Å². The number of phenols is 1. The number of anilines is 3. The molecule has 0 spiro atoms. The van der Waals surface area contributed by atoms with Crippen LogP contribution in [-0.4, -0.2) is 69.7 Å². The van der Waals surface area contributed by atoms with Crippen LogP contribution >= 0.6 is 0 Å². The van der Waals surface area contributed by atoms with Crippen molar-refractivity contribution in [3.8, 4) is 11.5 Å². The van der Waals surface area contributed by atoms with Gasteiger partial charge in [0.1, 0.15) is 11.4 Å². The average molecular weight is 551 g/mol. The number of nitrogens with zero attached hydrogens (tertiary/aromatic N) is 4. The lowest BCUT2D eigenvalue weighted by atomic mass is 10.0. The summed E-state index contributed by atoms with van der Waals surface area (Å²) in [6, 6.07) is 7.20. The molecular weight excluding hydrogens is 512 g/mol. The molecule has 1 aromatic heterocycles. The number of hydrogen-bond donors (Lipinski definition) is 3. The highest BCUT2D eigenvalue weighted by atomic mass is 16.6. The van der Waals surface area contributed by atoms with Gasteiger partial charge >= 0.3 is 6.09 Å². The summed E-state index contributed by atoms with van der Waals surface area (Å²) in [5, 5.41) is 19.1. The van der Waals surface area contributed by atoms with Gasteiger partial charge in [0, 0.05) is 49.9 Å². The summed E-state index contributed by atoms with van der Waals surface area (Å²) in [5.74, 6) is -0.127. The molecule has 0 radical (unpaired) electrons. The summed E-state index contributed by atoms with van der Waals surface area (Å²) in [6.45, 7) is 6.91. The molecule has 0 atom stereocenters. The highest BCUT2D eigenvalue weighted by Crippen LogP contribution is 2.39. The van der Waals surface area contributed by atoms with Gasteiger partial charge in [0.25, 0.3) is 5.91 Å². The fraction of sp³-hybridized carbons (Fsp3) is 0.483. The maximum Gasteiger partial charge on any atom is 0.410 e. The lowest BCUT2D eigenvalue weighted by molar-refractivity contribution is 0.0113. The minimum atomic E-state index is -0.543. The third kappa shape index (κ3) is 5.59. The Kier molecular flexibility index (Phi) is 7.16. The number of benzene rings is 2. The van der Waals surface area contributed by atoms with E-state index in [1.807, 2.05) is 43.8 Å². The number of nitrogens with two attached hydrogens (primary N) is 1. The molecule has 1 saturated heterocycles. The molecule has 40 heavy (non-hydrogen) atoms. The van der Waals surface area contributed by atoms with Crippen molar-refractivity contribution in [2.45, 2.75) is 64.1 Å². The standard InChI is InChI=1S/C29H38N6O5/c1-29(2,3)40-28(38)35(18-6-7-18)19-10-12-34(13-11-19)23-9-8-20(25(30)26(23)36)27(37)31-22-14-17-16-33(4)32-21(17)15-24(22)39-5/h8-9,14-16,18-19,36H,6-7,10-13,30H2,1-5H3,(H,31,37). The van der Waals surface area contributed by atoms with E-state index in [0.29, 0.717) is 30.2 Å². The lowest BCUT2D eigenvalue weighted by Crippen LogP contribution is -2.50. The Hall–Kier alpha value is -4.15. The number of methoxy groups -OCH3 is 1. The fourth-order valence-electron chi connectivity index (χ4n) is 5.33. The van der Waals surface area contributed by atoms with Crippen molar-refractivity contribution in [2.75, 3.05) is 36.1 Å². The van der Waals surface area contributed by atoms with Gasteiger partial charge in [-0.3, -0.25) is 9.48 Å². The van der Waals surface area contributed by atoms with Crippen LogP contribution in [0.4, 0.5) is 21.9 Å². The van der Waals surface area contributed by atoms with Crippen LogP contribution in [0.3, 0.4) is 0 Å². The number of amides is 2. The van der Waals surface area contributed by atoms with Crippen LogP contribution in [0.5, 0.6) is 11.5 Å². The van der Waals surface area contributed by atoms with Crippen molar-refractivity contribution >= 4 is 40.0 Å². The van der Waals surface area contributed by atoms with Crippen LogP contribution in [-0.2, 0) is 11.8 Å². The van der Waals surface area contributed by atoms with Gasteiger partial charge < -0.3 is 35.4 Å². The van der Waals surface area contributed by atoms with Crippen LogP contribution < -0.4 is 20.7 Å². The molecule has 1 aliphatic carbocycles. The maximum atomic E-state index is 13.2. The van der Waals surface area contributed by atoms with E-state index < -0.39 is 11.5 Å². The van der Waals surface area contributed by atoms with Gasteiger partial charge in [0.15, 0.2) is 5.75 Å². The minimum Gasteiger partial charge on any atom is -0.504 e. The third-order valence-corrected chi connectivity index (χ3v) is 7.37. The number of aryl methyl sites for hydroxylation is 1. The highest BCUT2D eigenvalue weighted by molar-refractivity contribution is 6.10. The molecule has 2 heterocycles. The fourth-order valence-corrected chi connectivity index (χ4v) is 5.33. The van der Waals surface area contributed by atoms with E-state index in [4.69, 9.17) is 15.2 Å². The number of phenolic OH excluding ortho intramolecular Hbond substituents is 1. The molecule has 2 amide bonds. The van der Waals surface area contributed by atoms with Crippen molar-refractivity contribution in [3.63, 3.8) is 0 Å². The zero-order valence-corrected chi connectivity index (χ0v) is 23.7. The lowest BCUT2D eigenvalue weighted by Gasteiger charge is -2.40. The molecule has 2 aromatic carbocycles. The first-order valence-electron chi connectivity index (χ1n) is 13.7. The topological polar surface area (TPSA) is 135 Å². The highest BCUT2D eigenvalue weighted by Gasteiger charge is 2.41. The molecule has 5 rings (SSSR count). The predicted octanol–water partition coefficient (Wildman–Crippen LogP) is 4.49. The number of nitrogen functional groups attached to an aromatic ring is 1.